The molecule has 0 heterocycles. The van der Waals surface area contributed by atoms with Gasteiger partial charge in [0.15, 0.2) is 0 Å². The first-order valence-electron chi connectivity index (χ1n) is 11.2. The fourth-order valence-corrected chi connectivity index (χ4v) is 3.04. The molecule has 174 valence electrons. The molecule has 0 aromatic rings. The Kier molecular flexibility index (Phi) is 22.2. The lowest BCUT2D eigenvalue weighted by molar-refractivity contribution is -0.143. The molecule has 0 saturated heterocycles. The number of hydrogen-bond acceptors (Lipinski definition) is 6. The molecule has 2 atom stereocenters. The lowest BCUT2D eigenvalue weighted by Gasteiger charge is -2.27. The van der Waals surface area contributed by atoms with Crippen LogP contribution in [0.5, 0.6) is 0 Å². The Balaban J connectivity index is 0. The number of unbranched alkanes of at least 4 members (excludes halogenated alkanes) is 9. The van der Waals surface area contributed by atoms with Crippen LogP contribution < -0.4 is 17.2 Å². The second-order valence-corrected chi connectivity index (χ2v) is 7.56. The van der Waals surface area contributed by atoms with Crippen LogP contribution in [0.25, 0.3) is 0 Å². The van der Waals surface area contributed by atoms with Crippen LogP contribution in [0.3, 0.4) is 0 Å². The molecule has 0 spiro atoms. The first kappa shape index (κ1) is 30.0. The van der Waals surface area contributed by atoms with Crippen LogP contribution in [0, 0.1) is 0 Å². The highest BCUT2D eigenvalue weighted by Crippen LogP contribution is 2.14. The molecule has 0 rings (SSSR count). The quantitative estimate of drug-likeness (QED) is 0.212. The Morgan fingerprint density at radius 1 is 0.793 bits per heavy atom. The number of rotatable bonds is 18. The Morgan fingerprint density at radius 3 is 1.48 bits per heavy atom. The van der Waals surface area contributed by atoms with Crippen molar-refractivity contribution in [2.24, 2.45) is 17.2 Å². The van der Waals surface area contributed by atoms with Crippen LogP contribution in [0.1, 0.15) is 84.5 Å². The summed E-state index contributed by atoms with van der Waals surface area (Å²) in [6.45, 7) is 5.82. The molecule has 8 heteroatoms. The van der Waals surface area contributed by atoms with Gasteiger partial charge in [-0.05, 0) is 13.3 Å². The summed E-state index contributed by atoms with van der Waals surface area (Å²) in [5.41, 5.74) is 16.0. The van der Waals surface area contributed by atoms with E-state index >= 15 is 0 Å². The van der Waals surface area contributed by atoms with Crippen molar-refractivity contribution in [2.45, 2.75) is 96.6 Å². The van der Waals surface area contributed by atoms with Gasteiger partial charge in [0.25, 0.3) is 0 Å². The van der Waals surface area contributed by atoms with Gasteiger partial charge in [-0.15, -0.1) is 0 Å². The molecule has 0 bridgehead atoms. The molecule has 0 saturated carbocycles. The van der Waals surface area contributed by atoms with Gasteiger partial charge in [-0.1, -0.05) is 71.1 Å². The van der Waals surface area contributed by atoms with Gasteiger partial charge in [0, 0.05) is 26.2 Å². The third kappa shape index (κ3) is 19.9. The normalized spacial score (nSPS) is 12.9. The van der Waals surface area contributed by atoms with Crippen LogP contribution in [0.15, 0.2) is 0 Å². The van der Waals surface area contributed by atoms with Gasteiger partial charge >= 0.3 is 11.9 Å². The SMILES string of the molecule is CCCCCCCCCCCCC(C(=O)O)N(CCN)CCN.C[C@H](N)C(=O)O. The van der Waals surface area contributed by atoms with Crippen molar-refractivity contribution >= 4 is 11.9 Å². The summed E-state index contributed by atoms with van der Waals surface area (Å²) in [5, 5.41) is 17.3. The zero-order valence-electron chi connectivity index (χ0n) is 18.7. The molecule has 0 fully saturated rings. The minimum Gasteiger partial charge on any atom is -0.480 e. The number of nitrogens with two attached hydrogens (primary N) is 3. The number of carbonyl (C=O) groups is 2. The van der Waals surface area contributed by atoms with Crippen molar-refractivity contribution in [1.29, 1.82) is 0 Å². The third-order valence-electron chi connectivity index (χ3n) is 4.78. The fraction of sp³-hybridized carbons (Fsp3) is 0.905. The van der Waals surface area contributed by atoms with Crippen molar-refractivity contribution in [3.63, 3.8) is 0 Å². The summed E-state index contributed by atoms with van der Waals surface area (Å²) in [4.78, 5) is 22.9. The van der Waals surface area contributed by atoms with Crippen LogP contribution in [0.2, 0.25) is 0 Å². The standard InChI is InChI=1S/C18H39N3O2.C3H7NO2/c1-2-3-4-5-6-7-8-9-10-11-12-17(18(22)23)21(15-13-19)16-14-20;1-2(4)3(5)6/h17H,2-16,19-20H2,1H3,(H,22,23);2H,4H2,1H3,(H,5,6)/t;2-/m.0/s1. The maximum atomic E-state index is 11.5. The van der Waals surface area contributed by atoms with E-state index in [-0.39, 0.29) is 0 Å². The van der Waals surface area contributed by atoms with Gasteiger partial charge in [0.05, 0.1) is 0 Å². The average molecular weight is 419 g/mol. The van der Waals surface area contributed by atoms with Gasteiger partial charge in [0.1, 0.15) is 12.1 Å². The number of carboxylic acid groups (broad SMARTS) is 2. The van der Waals surface area contributed by atoms with Crippen molar-refractivity contribution in [3.05, 3.63) is 0 Å². The first-order valence-corrected chi connectivity index (χ1v) is 11.2. The molecule has 8 nitrogen and oxygen atoms in total. The molecule has 0 aliphatic heterocycles. The molecule has 8 N–H and O–H groups in total. The van der Waals surface area contributed by atoms with Gasteiger partial charge in [-0.2, -0.15) is 0 Å². The van der Waals surface area contributed by atoms with Crippen LogP contribution in [-0.4, -0.2) is 65.3 Å². The highest BCUT2D eigenvalue weighted by Gasteiger charge is 2.23. The van der Waals surface area contributed by atoms with Gasteiger partial charge in [-0.25, -0.2) is 0 Å². The summed E-state index contributed by atoms with van der Waals surface area (Å²) in [5.74, 6) is -1.71. The van der Waals surface area contributed by atoms with E-state index in [1.54, 1.807) is 0 Å². The van der Waals surface area contributed by atoms with Crippen LogP contribution in [0.4, 0.5) is 0 Å². The largest absolute Gasteiger partial charge is 0.480 e. The maximum Gasteiger partial charge on any atom is 0.320 e. The second kappa shape index (κ2) is 21.5. The number of nitrogens with zero attached hydrogens (tertiary/aromatic N) is 1. The van der Waals surface area contributed by atoms with Crippen LogP contribution in [-0.2, 0) is 9.59 Å². The first-order chi connectivity index (χ1) is 13.8. The minimum atomic E-state index is -0.963. The highest BCUT2D eigenvalue weighted by molar-refractivity contribution is 5.73. The lowest BCUT2D eigenvalue weighted by Crippen LogP contribution is -2.46. The van der Waals surface area contributed by atoms with E-state index in [0.717, 1.165) is 12.8 Å². The van der Waals surface area contributed by atoms with E-state index in [1.807, 2.05) is 4.90 Å². The van der Waals surface area contributed by atoms with Crippen molar-refractivity contribution < 1.29 is 19.8 Å². The maximum absolute atomic E-state index is 11.5. The number of hydrogen-bond donors (Lipinski definition) is 5. The lowest BCUT2D eigenvalue weighted by atomic mass is 10.0. The van der Waals surface area contributed by atoms with Crippen molar-refractivity contribution in [2.75, 3.05) is 26.2 Å². The van der Waals surface area contributed by atoms with Gasteiger partial charge < -0.3 is 27.4 Å². The molecule has 1 unspecified atom stereocenters. The number of carboxylic acids is 2. The van der Waals surface area contributed by atoms with E-state index in [4.69, 9.17) is 22.3 Å². The summed E-state index contributed by atoms with van der Waals surface area (Å²) >= 11 is 0. The molecule has 29 heavy (non-hydrogen) atoms. The van der Waals surface area contributed by atoms with Crippen molar-refractivity contribution in [1.82, 2.24) is 4.90 Å². The molecule has 0 radical (unpaired) electrons. The Labute approximate surface area is 177 Å². The van der Waals surface area contributed by atoms with Gasteiger partial charge in [0.2, 0.25) is 0 Å². The predicted octanol–water partition coefficient (Wildman–Crippen LogP) is 2.39. The summed E-state index contributed by atoms with van der Waals surface area (Å²) in [6, 6.07) is -1.17. The van der Waals surface area contributed by atoms with Crippen LogP contribution >= 0.6 is 0 Å². The Hall–Kier alpha value is -1.22. The highest BCUT2D eigenvalue weighted by atomic mass is 16.4. The van der Waals surface area contributed by atoms with E-state index < -0.39 is 24.0 Å². The third-order valence-corrected chi connectivity index (χ3v) is 4.78. The fourth-order valence-electron chi connectivity index (χ4n) is 3.04. The summed E-state index contributed by atoms with van der Waals surface area (Å²) in [6.07, 6.45) is 13.3. The average Bonchev–Trinajstić information content (AvgIpc) is 2.66. The van der Waals surface area contributed by atoms with Gasteiger partial charge in [-0.3, -0.25) is 14.5 Å². The monoisotopic (exact) mass is 418 g/mol. The minimum absolute atomic E-state index is 0.434. The molecular formula is C21H46N4O4. The van der Waals surface area contributed by atoms with E-state index in [9.17, 15) is 14.7 Å². The Morgan fingerprint density at radius 2 is 1.17 bits per heavy atom. The predicted molar refractivity (Wildman–Crippen MR) is 119 cm³/mol. The Bertz CT molecular complexity index is 389. The second-order valence-electron chi connectivity index (χ2n) is 7.56. The number of aliphatic carboxylic acids is 2. The van der Waals surface area contributed by atoms with E-state index in [1.165, 1.54) is 58.3 Å². The summed E-state index contributed by atoms with van der Waals surface area (Å²) < 4.78 is 0. The summed E-state index contributed by atoms with van der Waals surface area (Å²) in [7, 11) is 0. The zero-order valence-corrected chi connectivity index (χ0v) is 18.7. The van der Waals surface area contributed by atoms with E-state index in [2.05, 4.69) is 6.92 Å². The molecule has 0 aromatic carbocycles. The molecule has 0 aliphatic rings. The molecule has 0 aliphatic carbocycles. The molecule has 0 amide bonds. The topological polar surface area (TPSA) is 156 Å². The van der Waals surface area contributed by atoms with E-state index in [0.29, 0.717) is 32.6 Å². The molecule has 0 aromatic heterocycles. The van der Waals surface area contributed by atoms with Crippen molar-refractivity contribution in [3.8, 4) is 0 Å². The smallest absolute Gasteiger partial charge is 0.320 e. The molecular weight excluding hydrogens is 372 g/mol. The zero-order chi connectivity index (χ0) is 22.5.